The molecule has 0 bridgehead atoms. The third-order valence-corrected chi connectivity index (χ3v) is 4.20. The first-order chi connectivity index (χ1) is 10.1. The highest BCUT2D eigenvalue weighted by Crippen LogP contribution is 2.18. The van der Waals surface area contributed by atoms with E-state index in [1.807, 2.05) is 6.92 Å². The fourth-order valence-electron chi connectivity index (χ4n) is 2.57. The maximum Gasteiger partial charge on any atom is 0.255 e. The van der Waals surface area contributed by atoms with Crippen molar-refractivity contribution in [2.45, 2.75) is 32.7 Å². The highest BCUT2D eigenvalue weighted by Gasteiger charge is 2.19. The Balaban J connectivity index is 1.97. The largest absolute Gasteiger partial charge is 0.370 e. The Kier molecular flexibility index (Phi) is 5.99. The smallest absolute Gasteiger partial charge is 0.255 e. The van der Waals surface area contributed by atoms with E-state index < -0.39 is 0 Å². The van der Waals surface area contributed by atoms with Gasteiger partial charge in [-0.3, -0.25) is 9.69 Å². The standard InChI is InChI=1S/C15H23BrN4O/c1-3-17-14-13(8-12(16)10-18-14)15(21)19-9-11(2)20-6-4-5-7-20/h8,10-11H,3-7,9H2,1-2H3,(H,17,18)(H,19,21). The molecule has 0 spiro atoms. The zero-order chi connectivity index (χ0) is 15.2. The molecular formula is C15H23BrN4O. The maximum atomic E-state index is 12.4. The maximum absolute atomic E-state index is 12.4. The van der Waals surface area contributed by atoms with Gasteiger partial charge in [-0.25, -0.2) is 4.98 Å². The van der Waals surface area contributed by atoms with Crippen LogP contribution in [-0.2, 0) is 0 Å². The van der Waals surface area contributed by atoms with Gasteiger partial charge >= 0.3 is 0 Å². The number of hydrogen-bond acceptors (Lipinski definition) is 4. The second-order valence-electron chi connectivity index (χ2n) is 5.38. The zero-order valence-electron chi connectivity index (χ0n) is 12.7. The monoisotopic (exact) mass is 354 g/mol. The van der Waals surface area contributed by atoms with Gasteiger partial charge in [0.15, 0.2) is 0 Å². The molecule has 21 heavy (non-hydrogen) atoms. The van der Waals surface area contributed by atoms with Crippen LogP contribution >= 0.6 is 15.9 Å². The lowest BCUT2D eigenvalue weighted by molar-refractivity contribution is 0.0941. The summed E-state index contributed by atoms with van der Waals surface area (Å²) in [7, 11) is 0. The molecule has 0 aromatic carbocycles. The fourth-order valence-corrected chi connectivity index (χ4v) is 2.90. The quantitative estimate of drug-likeness (QED) is 0.823. The van der Waals surface area contributed by atoms with Gasteiger partial charge in [0, 0.05) is 29.8 Å². The van der Waals surface area contributed by atoms with Crippen molar-refractivity contribution in [3.8, 4) is 0 Å². The molecule has 6 heteroatoms. The van der Waals surface area contributed by atoms with E-state index in [0.717, 1.165) is 24.1 Å². The molecule has 2 N–H and O–H groups in total. The second-order valence-corrected chi connectivity index (χ2v) is 6.30. The molecular weight excluding hydrogens is 332 g/mol. The Labute approximate surface area is 134 Å². The average Bonchev–Trinajstić information content (AvgIpc) is 3.01. The number of pyridine rings is 1. The van der Waals surface area contributed by atoms with Gasteiger partial charge < -0.3 is 10.6 Å². The number of nitrogens with zero attached hydrogens (tertiary/aromatic N) is 2. The third kappa shape index (κ3) is 4.41. The summed E-state index contributed by atoms with van der Waals surface area (Å²) < 4.78 is 0.807. The summed E-state index contributed by atoms with van der Waals surface area (Å²) in [4.78, 5) is 19.1. The van der Waals surface area contributed by atoms with Gasteiger partial charge in [-0.1, -0.05) is 0 Å². The number of rotatable bonds is 6. The summed E-state index contributed by atoms with van der Waals surface area (Å²) in [5, 5.41) is 6.14. The lowest BCUT2D eigenvalue weighted by atomic mass is 10.2. The van der Waals surface area contributed by atoms with Crippen LogP contribution in [0.3, 0.4) is 0 Å². The van der Waals surface area contributed by atoms with Crippen molar-refractivity contribution in [1.29, 1.82) is 0 Å². The molecule has 1 fully saturated rings. The summed E-state index contributed by atoms with van der Waals surface area (Å²) >= 11 is 3.37. The van der Waals surface area contributed by atoms with E-state index in [-0.39, 0.29) is 5.91 Å². The van der Waals surface area contributed by atoms with E-state index in [2.05, 4.69) is 43.4 Å². The number of amides is 1. The van der Waals surface area contributed by atoms with E-state index >= 15 is 0 Å². The number of anilines is 1. The van der Waals surface area contributed by atoms with Crippen LogP contribution in [0.25, 0.3) is 0 Å². The van der Waals surface area contributed by atoms with Gasteiger partial charge in [-0.15, -0.1) is 0 Å². The lowest BCUT2D eigenvalue weighted by Gasteiger charge is -2.24. The minimum absolute atomic E-state index is 0.0780. The fraction of sp³-hybridized carbons (Fsp3) is 0.600. The number of hydrogen-bond donors (Lipinski definition) is 2. The zero-order valence-corrected chi connectivity index (χ0v) is 14.2. The van der Waals surface area contributed by atoms with Crippen LogP contribution in [0, 0.1) is 0 Å². The summed E-state index contributed by atoms with van der Waals surface area (Å²) in [5.74, 6) is 0.554. The number of aromatic nitrogens is 1. The molecule has 0 saturated carbocycles. The molecule has 116 valence electrons. The Bertz CT molecular complexity index is 489. The molecule has 1 amide bonds. The van der Waals surface area contributed by atoms with Crippen molar-refractivity contribution in [3.05, 3.63) is 22.3 Å². The van der Waals surface area contributed by atoms with E-state index in [0.29, 0.717) is 24.0 Å². The molecule has 0 radical (unpaired) electrons. The molecule has 2 heterocycles. The van der Waals surface area contributed by atoms with Crippen molar-refractivity contribution in [3.63, 3.8) is 0 Å². The molecule has 1 aliphatic heterocycles. The molecule has 1 aliphatic rings. The van der Waals surface area contributed by atoms with Crippen LogP contribution in [0.15, 0.2) is 16.7 Å². The molecule has 1 saturated heterocycles. The van der Waals surface area contributed by atoms with Crippen LogP contribution in [0.5, 0.6) is 0 Å². The minimum Gasteiger partial charge on any atom is -0.370 e. The SMILES string of the molecule is CCNc1ncc(Br)cc1C(=O)NCC(C)N1CCCC1. The molecule has 5 nitrogen and oxygen atoms in total. The van der Waals surface area contributed by atoms with E-state index in [1.54, 1.807) is 12.3 Å². The molecule has 1 unspecified atom stereocenters. The van der Waals surface area contributed by atoms with Gasteiger partial charge in [0.05, 0.1) is 5.56 Å². The van der Waals surface area contributed by atoms with Gasteiger partial charge in [0.25, 0.3) is 5.91 Å². The second kappa shape index (κ2) is 7.75. The Morgan fingerprint density at radius 1 is 1.48 bits per heavy atom. The van der Waals surface area contributed by atoms with Crippen molar-refractivity contribution >= 4 is 27.7 Å². The van der Waals surface area contributed by atoms with E-state index in [4.69, 9.17) is 0 Å². The Morgan fingerprint density at radius 3 is 2.86 bits per heavy atom. The van der Waals surface area contributed by atoms with Crippen LogP contribution in [0.1, 0.15) is 37.0 Å². The molecule has 2 rings (SSSR count). The van der Waals surface area contributed by atoms with Gasteiger partial charge in [-0.2, -0.15) is 0 Å². The first-order valence-electron chi connectivity index (χ1n) is 7.53. The predicted molar refractivity (Wildman–Crippen MR) is 88.7 cm³/mol. The molecule has 1 aromatic rings. The number of carbonyl (C=O) groups is 1. The Morgan fingerprint density at radius 2 is 2.19 bits per heavy atom. The average molecular weight is 355 g/mol. The van der Waals surface area contributed by atoms with E-state index in [9.17, 15) is 4.79 Å². The lowest BCUT2D eigenvalue weighted by Crippen LogP contribution is -2.40. The van der Waals surface area contributed by atoms with Gasteiger partial charge in [0.2, 0.25) is 0 Å². The van der Waals surface area contributed by atoms with Gasteiger partial charge in [0.1, 0.15) is 5.82 Å². The predicted octanol–water partition coefficient (Wildman–Crippen LogP) is 2.49. The first-order valence-corrected chi connectivity index (χ1v) is 8.32. The van der Waals surface area contributed by atoms with Crippen molar-refractivity contribution in [1.82, 2.24) is 15.2 Å². The third-order valence-electron chi connectivity index (χ3n) is 3.77. The highest BCUT2D eigenvalue weighted by molar-refractivity contribution is 9.10. The van der Waals surface area contributed by atoms with Crippen LogP contribution in [0.2, 0.25) is 0 Å². The van der Waals surface area contributed by atoms with Crippen LogP contribution in [0.4, 0.5) is 5.82 Å². The van der Waals surface area contributed by atoms with Crippen LogP contribution < -0.4 is 10.6 Å². The summed E-state index contributed by atoms with van der Waals surface area (Å²) in [6.45, 7) is 7.82. The van der Waals surface area contributed by atoms with Crippen molar-refractivity contribution < 1.29 is 4.79 Å². The number of nitrogens with one attached hydrogen (secondary N) is 2. The first kappa shape index (κ1) is 16.2. The summed E-state index contributed by atoms with van der Waals surface area (Å²) in [6.07, 6.45) is 4.22. The number of halogens is 1. The topological polar surface area (TPSA) is 57.3 Å². The molecule has 1 atom stereocenters. The van der Waals surface area contributed by atoms with E-state index in [1.165, 1.54) is 12.8 Å². The highest BCUT2D eigenvalue weighted by atomic mass is 79.9. The van der Waals surface area contributed by atoms with Gasteiger partial charge in [-0.05, 0) is 61.8 Å². The van der Waals surface area contributed by atoms with Crippen LogP contribution in [-0.4, -0.2) is 48.0 Å². The molecule has 0 aliphatic carbocycles. The summed E-state index contributed by atoms with van der Waals surface area (Å²) in [5.41, 5.74) is 0.583. The summed E-state index contributed by atoms with van der Waals surface area (Å²) in [6, 6.07) is 2.18. The molecule has 1 aromatic heterocycles. The number of likely N-dealkylation sites (tertiary alicyclic amines) is 1. The van der Waals surface area contributed by atoms with Crippen molar-refractivity contribution in [2.75, 3.05) is 31.5 Å². The van der Waals surface area contributed by atoms with Crippen molar-refractivity contribution in [2.24, 2.45) is 0 Å². The number of carbonyl (C=O) groups excluding carboxylic acids is 1. The normalized spacial score (nSPS) is 16.7. The minimum atomic E-state index is -0.0780. The Hall–Kier alpha value is -1.14.